The first-order valence-electron chi connectivity index (χ1n) is 8.23. The van der Waals surface area contributed by atoms with Crippen molar-refractivity contribution in [3.05, 3.63) is 76.5 Å². The van der Waals surface area contributed by atoms with Crippen LogP contribution in [0.4, 0.5) is 10.5 Å². The average molecular weight is 381 g/mol. The standard InChI is InChI=1S/C20H19N3O3S/c1-25-19-12-15(9-10-18(19)26-14-17-8-5-11-27-17)13-21-23-20(24)22-16-6-3-2-4-7-16/h2-13H,14H2,1H3,(H2,22,23,24)/b21-13-. The fourth-order valence-electron chi connectivity index (χ4n) is 2.27. The Morgan fingerprint density at radius 3 is 2.70 bits per heavy atom. The van der Waals surface area contributed by atoms with Crippen LogP contribution in [0.1, 0.15) is 10.4 Å². The molecule has 3 aromatic rings. The van der Waals surface area contributed by atoms with Gasteiger partial charge in [-0.05, 0) is 47.3 Å². The molecule has 0 unspecified atom stereocenters. The summed E-state index contributed by atoms with van der Waals surface area (Å²) in [5.41, 5.74) is 3.89. The van der Waals surface area contributed by atoms with Crippen molar-refractivity contribution >= 4 is 29.3 Å². The van der Waals surface area contributed by atoms with Crippen molar-refractivity contribution in [2.75, 3.05) is 12.4 Å². The van der Waals surface area contributed by atoms with Gasteiger partial charge >= 0.3 is 6.03 Å². The van der Waals surface area contributed by atoms with Crippen LogP contribution in [0.2, 0.25) is 0 Å². The summed E-state index contributed by atoms with van der Waals surface area (Å²) in [7, 11) is 1.58. The van der Waals surface area contributed by atoms with E-state index in [2.05, 4.69) is 15.8 Å². The number of hydrogen-bond donors (Lipinski definition) is 2. The van der Waals surface area contributed by atoms with Gasteiger partial charge in [-0.1, -0.05) is 24.3 Å². The highest BCUT2D eigenvalue weighted by molar-refractivity contribution is 7.09. The molecule has 0 radical (unpaired) electrons. The number of nitrogens with one attached hydrogen (secondary N) is 2. The third kappa shape index (κ3) is 5.58. The van der Waals surface area contributed by atoms with Gasteiger partial charge in [-0.25, -0.2) is 10.2 Å². The van der Waals surface area contributed by atoms with Gasteiger partial charge < -0.3 is 14.8 Å². The molecule has 0 saturated heterocycles. The molecule has 6 nitrogen and oxygen atoms in total. The van der Waals surface area contributed by atoms with E-state index < -0.39 is 6.03 Å². The molecule has 0 spiro atoms. The minimum atomic E-state index is -0.416. The normalized spacial score (nSPS) is 10.6. The molecule has 27 heavy (non-hydrogen) atoms. The Bertz CT molecular complexity index is 896. The van der Waals surface area contributed by atoms with Gasteiger partial charge in [0.1, 0.15) is 6.61 Å². The van der Waals surface area contributed by atoms with Crippen molar-refractivity contribution in [3.8, 4) is 11.5 Å². The van der Waals surface area contributed by atoms with Gasteiger partial charge in [-0.3, -0.25) is 0 Å². The fraction of sp³-hybridized carbons (Fsp3) is 0.100. The predicted molar refractivity (Wildman–Crippen MR) is 108 cm³/mol. The molecule has 2 amide bonds. The van der Waals surface area contributed by atoms with Crippen LogP contribution in [0.25, 0.3) is 0 Å². The van der Waals surface area contributed by atoms with Gasteiger partial charge in [0.25, 0.3) is 0 Å². The van der Waals surface area contributed by atoms with Crippen LogP contribution in [0.15, 0.2) is 71.1 Å². The topological polar surface area (TPSA) is 72.0 Å². The summed E-state index contributed by atoms with van der Waals surface area (Å²) in [6.45, 7) is 0.489. The number of thiophene rings is 1. The van der Waals surface area contributed by atoms with Gasteiger partial charge in [-0.2, -0.15) is 5.10 Å². The molecule has 3 rings (SSSR count). The molecule has 0 saturated carbocycles. The first-order valence-corrected chi connectivity index (χ1v) is 9.11. The van der Waals surface area contributed by atoms with E-state index in [0.29, 0.717) is 23.8 Å². The molecule has 0 bridgehead atoms. The zero-order chi connectivity index (χ0) is 18.9. The van der Waals surface area contributed by atoms with E-state index in [1.54, 1.807) is 36.6 Å². The number of rotatable bonds is 7. The number of para-hydroxylation sites is 1. The molecule has 2 N–H and O–H groups in total. The number of nitrogens with zero attached hydrogens (tertiary/aromatic N) is 1. The first-order chi connectivity index (χ1) is 13.2. The minimum absolute atomic E-state index is 0.416. The zero-order valence-corrected chi connectivity index (χ0v) is 15.5. The molecule has 0 aliphatic rings. The number of carbonyl (C=O) groups excluding carboxylic acids is 1. The Hall–Kier alpha value is -3.32. The lowest BCUT2D eigenvalue weighted by atomic mass is 10.2. The molecular weight excluding hydrogens is 362 g/mol. The van der Waals surface area contributed by atoms with Crippen molar-refractivity contribution in [2.45, 2.75) is 6.61 Å². The number of carbonyl (C=O) groups is 1. The van der Waals surface area contributed by atoms with Crippen LogP contribution < -0.4 is 20.2 Å². The summed E-state index contributed by atoms with van der Waals surface area (Å²) in [4.78, 5) is 12.9. The van der Waals surface area contributed by atoms with Crippen LogP contribution in [0.3, 0.4) is 0 Å². The molecular formula is C20H19N3O3S. The van der Waals surface area contributed by atoms with E-state index >= 15 is 0 Å². The van der Waals surface area contributed by atoms with E-state index in [4.69, 9.17) is 9.47 Å². The highest BCUT2D eigenvalue weighted by Gasteiger charge is 2.06. The van der Waals surface area contributed by atoms with Crippen LogP contribution in [0, 0.1) is 0 Å². The highest BCUT2D eigenvalue weighted by Crippen LogP contribution is 2.28. The second-order valence-corrected chi connectivity index (χ2v) is 6.50. The number of methoxy groups -OCH3 is 1. The molecule has 0 aliphatic carbocycles. The lowest BCUT2D eigenvalue weighted by molar-refractivity contribution is 0.252. The third-order valence-electron chi connectivity index (χ3n) is 3.55. The van der Waals surface area contributed by atoms with Crippen LogP contribution >= 0.6 is 11.3 Å². The van der Waals surface area contributed by atoms with E-state index in [0.717, 1.165) is 10.4 Å². The van der Waals surface area contributed by atoms with E-state index in [-0.39, 0.29) is 0 Å². The number of amides is 2. The van der Waals surface area contributed by atoms with Gasteiger partial charge in [-0.15, -0.1) is 11.3 Å². The Labute approximate surface area is 161 Å². The largest absolute Gasteiger partial charge is 0.493 e. The average Bonchev–Trinajstić information content (AvgIpc) is 3.21. The Morgan fingerprint density at radius 2 is 1.96 bits per heavy atom. The second-order valence-electron chi connectivity index (χ2n) is 5.47. The van der Waals surface area contributed by atoms with Crippen molar-refractivity contribution in [3.63, 3.8) is 0 Å². The lowest BCUT2D eigenvalue weighted by Gasteiger charge is -2.10. The highest BCUT2D eigenvalue weighted by atomic mass is 32.1. The van der Waals surface area contributed by atoms with Gasteiger partial charge in [0.05, 0.1) is 13.3 Å². The number of urea groups is 1. The summed E-state index contributed by atoms with van der Waals surface area (Å²) in [5.74, 6) is 1.25. The van der Waals surface area contributed by atoms with Crippen LogP contribution in [-0.2, 0) is 6.61 Å². The summed E-state index contributed by atoms with van der Waals surface area (Å²) in [6, 6.07) is 18.2. The monoisotopic (exact) mass is 381 g/mol. The number of anilines is 1. The van der Waals surface area contributed by atoms with Crippen molar-refractivity contribution in [1.29, 1.82) is 0 Å². The van der Waals surface area contributed by atoms with Crippen LogP contribution in [-0.4, -0.2) is 19.4 Å². The summed E-state index contributed by atoms with van der Waals surface area (Å²) in [6.07, 6.45) is 1.54. The van der Waals surface area contributed by atoms with Crippen molar-refractivity contribution in [1.82, 2.24) is 5.43 Å². The summed E-state index contributed by atoms with van der Waals surface area (Å²) < 4.78 is 11.2. The number of ether oxygens (including phenoxy) is 2. The van der Waals surface area contributed by atoms with Crippen LogP contribution in [0.5, 0.6) is 11.5 Å². The lowest BCUT2D eigenvalue weighted by Crippen LogP contribution is -2.24. The van der Waals surface area contributed by atoms with Crippen molar-refractivity contribution < 1.29 is 14.3 Å². The SMILES string of the molecule is COc1cc(/C=N\NC(=O)Nc2ccccc2)ccc1OCc1cccs1. The third-order valence-corrected chi connectivity index (χ3v) is 4.40. The second kappa shape index (κ2) is 9.40. The van der Waals surface area contributed by atoms with Gasteiger partial charge in [0.15, 0.2) is 11.5 Å². The number of hydrazone groups is 1. The zero-order valence-electron chi connectivity index (χ0n) is 14.7. The molecule has 138 valence electrons. The predicted octanol–water partition coefficient (Wildman–Crippen LogP) is 4.49. The fourth-order valence-corrected chi connectivity index (χ4v) is 2.89. The molecule has 1 heterocycles. The smallest absolute Gasteiger partial charge is 0.339 e. The maximum absolute atomic E-state index is 11.8. The quantitative estimate of drug-likeness (QED) is 0.468. The summed E-state index contributed by atoms with van der Waals surface area (Å²) >= 11 is 1.64. The Balaban J connectivity index is 1.56. The van der Waals surface area contributed by atoms with Gasteiger partial charge in [0, 0.05) is 10.6 Å². The molecule has 0 fully saturated rings. The van der Waals surface area contributed by atoms with Gasteiger partial charge in [0.2, 0.25) is 0 Å². The molecule has 1 aromatic heterocycles. The molecule has 7 heteroatoms. The van der Waals surface area contributed by atoms with E-state index in [1.165, 1.54) is 6.21 Å². The number of hydrogen-bond acceptors (Lipinski definition) is 5. The summed E-state index contributed by atoms with van der Waals surface area (Å²) in [5, 5.41) is 8.64. The maximum Gasteiger partial charge on any atom is 0.339 e. The number of benzene rings is 2. The molecule has 0 aliphatic heterocycles. The molecule has 2 aromatic carbocycles. The van der Waals surface area contributed by atoms with E-state index in [9.17, 15) is 4.79 Å². The Morgan fingerprint density at radius 1 is 1.11 bits per heavy atom. The maximum atomic E-state index is 11.8. The first kappa shape index (κ1) is 18.5. The van der Waals surface area contributed by atoms with Crippen molar-refractivity contribution in [2.24, 2.45) is 5.10 Å². The molecule has 0 atom stereocenters. The van der Waals surface area contributed by atoms with E-state index in [1.807, 2.05) is 47.8 Å². The minimum Gasteiger partial charge on any atom is -0.493 e. The Kier molecular flexibility index (Phi) is 6.43.